The molecule has 2 aromatic carbocycles. The highest BCUT2D eigenvalue weighted by molar-refractivity contribution is 7.86. The third kappa shape index (κ3) is 7.03. The summed E-state index contributed by atoms with van der Waals surface area (Å²) in [6.07, 6.45) is 3.58. The molecule has 176 valence electrons. The van der Waals surface area contributed by atoms with Crippen LogP contribution in [0.15, 0.2) is 59.0 Å². The molecular weight excluding hydrogens is 418 g/mol. The van der Waals surface area contributed by atoms with Gasteiger partial charge in [-0.3, -0.25) is 4.90 Å². The molecule has 0 radical (unpaired) electrons. The monoisotopic (exact) mass is 457 g/mol. The zero-order valence-corrected chi connectivity index (χ0v) is 21.5. The SMILES string of the molecule is CCN(CC)C(OS(=O)(=O)c1ccc(C)cc1)c1cc(C)ccc1C(C)CCC=C(C)C. The zero-order chi connectivity index (χ0) is 23.9. The summed E-state index contributed by atoms with van der Waals surface area (Å²) >= 11 is 0. The smallest absolute Gasteiger partial charge is 0.274 e. The van der Waals surface area contributed by atoms with Crippen LogP contribution < -0.4 is 0 Å². The Bertz CT molecular complexity index is 1000. The summed E-state index contributed by atoms with van der Waals surface area (Å²) in [5.41, 5.74) is 5.50. The average molecular weight is 458 g/mol. The Morgan fingerprint density at radius 2 is 1.56 bits per heavy atom. The van der Waals surface area contributed by atoms with E-state index >= 15 is 0 Å². The summed E-state index contributed by atoms with van der Waals surface area (Å²) < 4.78 is 32.4. The molecule has 2 unspecified atom stereocenters. The molecule has 2 rings (SSSR count). The van der Waals surface area contributed by atoms with Crippen LogP contribution in [0.1, 0.15) is 81.9 Å². The summed E-state index contributed by atoms with van der Waals surface area (Å²) in [4.78, 5) is 2.25. The maximum Gasteiger partial charge on any atom is 0.298 e. The van der Waals surface area contributed by atoms with Crippen molar-refractivity contribution >= 4 is 10.1 Å². The molecule has 4 nitrogen and oxygen atoms in total. The van der Waals surface area contributed by atoms with Crippen molar-refractivity contribution < 1.29 is 12.6 Å². The number of benzene rings is 2. The van der Waals surface area contributed by atoms with Gasteiger partial charge in [0.2, 0.25) is 0 Å². The highest BCUT2D eigenvalue weighted by Gasteiger charge is 2.30. The Hall–Kier alpha value is -1.95. The van der Waals surface area contributed by atoms with Gasteiger partial charge in [0.15, 0.2) is 6.23 Å². The quantitative estimate of drug-likeness (QED) is 0.209. The van der Waals surface area contributed by atoms with Crippen molar-refractivity contribution in [1.82, 2.24) is 4.90 Å². The van der Waals surface area contributed by atoms with Crippen molar-refractivity contribution in [2.24, 2.45) is 0 Å². The fourth-order valence-electron chi connectivity index (χ4n) is 3.88. The van der Waals surface area contributed by atoms with Crippen LogP contribution >= 0.6 is 0 Å². The molecule has 0 heterocycles. The Labute approximate surface area is 195 Å². The maximum absolute atomic E-state index is 13.2. The van der Waals surface area contributed by atoms with Crippen molar-refractivity contribution in [2.75, 3.05) is 13.1 Å². The van der Waals surface area contributed by atoms with E-state index < -0.39 is 16.3 Å². The minimum atomic E-state index is -3.92. The number of rotatable bonds is 11. The molecule has 0 aliphatic carbocycles. The minimum absolute atomic E-state index is 0.186. The molecule has 0 saturated heterocycles. The summed E-state index contributed by atoms with van der Waals surface area (Å²) in [5.74, 6) is 0.282. The molecule has 32 heavy (non-hydrogen) atoms. The average Bonchev–Trinajstić information content (AvgIpc) is 2.73. The van der Waals surface area contributed by atoms with E-state index in [1.807, 2.05) is 27.7 Å². The summed E-state index contributed by atoms with van der Waals surface area (Å²) in [6.45, 7) is 15.8. The van der Waals surface area contributed by atoms with Gasteiger partial charge in [0, 0.05) is 5.56 Å². The van der Waals surface area contributed by atoms with Gasteiger partial charge in [0.25, 0.3) is 10.1 Å². The first-order chi connectivity index (χ1) is 15.1. The lowest BCUT2D eigenvalue weighted by atomic mass is 9.89. The van der Waals surface area contributed by atoms with Crippen molar-refractivity contribution in [3.8, 4) is 0 Å². The van der Waals surface area contributed by atoms with Gasteiger partial charge < -0.3 is 0 Å². The van der Waals surface area contributed by atoms with Gasteiger partial charge in [0.1, 0.15) is 0 Å². The molecule has 2 aromatic rings. The van der Waals surface area contributed by atoms with Crippen molar-refractivity contribution in [3.63, 3.8) is 0 Å². The van der Waals surface area contributed by atoms with Crippen molar-refractivity contribution in [1.29, 1.82) is 0 Å². The summed E-state index contributed by atoms with van der Waals surface area (Å²) in [6, 6.07) is 13.1. The first-order valence-corrected chi connectivity index (χ1v) is 13.0. The third-order valence-electron chi connectivity index (χ3n) is 5.86. The molecule has 0 aliphatic rings. The van der Waals surface area contributed by atoms with E-state index in [1.54, 1.807) is 24.3 Å². The molecule has 0 aliphatic heterocycles. The molecule has 0 amide bonds. The van der Waals surface area contributed by atoms with E-state index in [-0.39, 0.29) is 10.8 Å². The number of aryl methyl sites for hydroxylation is 2. The molecular formula is C27H39NO3S. The van der Waals surface area contributed by atoms with Crippen LogP contribution in [0.2, 0.25) is 0 Å². The van der Waals surface area contributed by atoms with Crippen LogP contribution in [-0.4, -0.2) is 26.4 Å². The third-order valence-corrected chi connectivity index (χ3v) is 7.15. The number of hydrogen-bond donors (Lipinski definition) is 0. The van der Waals surface area contributed by atoms with Gasteiger partial charge in [0.05, 0.1) is 4.90 Å². The fraction of sp³-hybridized carbons (Fsp3) is 0.481. The fourth-order valence-corrected chi connectivity index (χ4v) is 4.93. The topological polar surface area (TPSA) is 46.6 Å². The molecule has 5 heteroatoms. The Morgan fingerprint density at radius 3 is 2.12 bits per heavy atom. The van der Waals surface area contributed by atoms with Crippen LogP contribution in [0.3, 0.4) is 0 Å². The second-order valence-corrected chi connectivity index (χ2v) is 10.4. The number of nitrogens with zero attached hydrogens (tertiary/aromatic N) is 1. The summed E-state index contributed by atoms with van der Waals surface area (Å²) in [5, 5.41) is 0. The van der Waals surface area contributed by atoms with E-state index in [9.17, 15) is 8.42 Å². The number of hydrogen-bond acceptors (Lipinski definition) is 4. The predicted octanol–water partition coefficient (Wildman–Crippen LogP) is 6.90. The Kier molecular flexibility index (Phi) is 9.68. The highest BCUT2D eigenvalue weighted by Crippen LogP contribution is 2.35. The lowest BCUT2D eigenvalue weighted by molar-refractivity contribution is 0.0360. The Morgan fingerprint density at radius 1 is 0.969 bits per heavy atom. The minimum Gasteiger partial charge on any atom is -0.274 e. The van der Waals surface area contributed by atoms with Gasteiger partial charge in [-0.2, -0.15) is 8.42 Å². The zero-order valence-electron chi connectivity index (χ0n) is 20.7. The lowest BCUT2D eigenvalue weighted by Gasteiger charge is -2.32. The van der Waals surface area contributed by atoms with E-state index in [0.717, 1.165) is 35.1 Å². The highest BCUT2D eigenvalue weighted by atomic mass is 32.2. The second kappa shape index (κ2) is 11.8. The van der Waals surface area contributed by atoms with E-state index in [0.29, 0.717) is 13.1 Å². The molecule has 0 aromatic heterocycles. The van der Waals surface area contributed by atoms with E-state index in [4.69, 9.17) is 4.18 Å². The van der Waals surface area contributed by atoms with Gasteiger partial charge in [-0.05, 0) is 77.2 Å². The van der Waals surface area contributed by atoms with Gasteiger partial charge >= 0.3 is 0 Å². The summed E-state index contributed by atoms with van der Waals surface area (Å²) in [7, 11) is -3.92. The molecule has 0 bridgehead atoms. The second-order valence-electron chi connectivity index (χ2n) is 8.83. The van der Waals surface area contributed by atoms with Crippen molar-refractivity contribution in [2.45, 2.75) is 78.3 Å². The van der Waals surface area contributed by atoms with E-state index in [1.165, 1.54) is 5.57 Å². The van der Waals surface area contributed by atoms with Crippen LogP contribution in [0.5, 0.6) is 0 Å². The molecule has 2 atom stereocenters. The van der Waals surface area contributed by atoms with Crippen molar-refractivity contribution in [3.05, 3.63) is 76.4 Å². The number of allylic oxidation sites excluding steroid dienone is 2. The Balaban J connectivity index is 2.49. The van der Waals surface area contributed by atoms with Crippen LogP contribution in [0, 0.1) is 13.8 Å². The normalized spacial score (nSPS) is 13.8. The lowest BCUT2D eigenvalue weighted by Crippen LogP contribution is -2.33. The molecule has 0 fully saturated rings. The molecule has 0 saturated carbocycles. The largest absolute Gasteiger partial charge is 0.298 e. The predicted molar refractivity (Wildman–Crippen MR) is 133 cm³/mol. The first kappa shape index (κ1) is 26.3. The van der Waals surface area contributed by atoms with Crippen LogP contribution in [-0.2, 0) is 14.3 Å². The standard InChI is InChI=1S/C27H39NO3S/c1-8-28(9-2)27(31-32(29,30)24-16-13-21(5)14-17-24)26-19-22(6)15-18-25(26)23(7)12-10-11-20(3)4/h11,13-19,23,27H,8-10,12H2,1-7H3. The van der Waals surface area contributed by atoms with Gasteiger partial charge in [-0.15, -0.1) is 0 Å². The first-order valence-electron chi connectivity index (χ1n) is 11.6. The maximum atomic E-state index is 13.2. The van der Waals surface area contributed by atoms with Gasteiger partial charge in [-0.25, -0.2) is 4.18 Å². The molecule has 0 N–H and O–H groups in total. The van der Waals surface area contributed by atoms with Crippen LogP contribution in [0.4, 0.5) is 0 Å². The van der Waals surface area contributed by atoms with E-state index in [2.05, 4.69) is 49.9 Å². The molecule has 0 spiro atoms. The van der Waals surface area contributed by atoms with Crippen LogP contribution in [0.25, 0.3) is 0 Å². The van der Waals surface area contributed by atoms with Gasteiger partial charge in [-0.1, -0.05) is 73.9 Å².